The molecule has 0 saturated carbocycles. The second-order valence-corrected chi connectivity index (χ2v) is 4.33. The molecule has 1 atom stereocenters. The fraction of sp³-hybridized carbons (Fsp3) is 0.800. The van der Waals surface area contributed by atoms with Crippen LogP contribution in [0.1, 0.15) is 20.8 Å². The van der Waals surface area contributed by atoms with Crippen molar-refractivity contribution in [3.8, 4) is 0 Å². The Morgan fingerprint density at radius 3 is 2.35 bits per heavy atom. The highest BCUT2D eigenvalue weighted by atomic mass is 19.1. The minimum absolute atomic E-state index is 0.272. The number of carbonyl (C=O) groups excluding carboxylic acids is 2. The third-order valence-electron chi connectivity index (χ3n) is 1.47. The molecule has 0 bridgehead atoms. The number of amides is 2. The zero-order chi connectivity index (χ0) is 13.5. The van der Waals surface area contributed by atoms with E-state index in [9.17, 15) is 14.0 Å². The van der Waals surface area contributed by atoms with Crippen LogP contribution in [0.2, 0.25) is 0 Å². The molecule has 0 aliphatic carbocycles. The van der Waals surface area contributed by atoms with Gasteiger partial charge in [-0.1, -0.05) is 0 Å². The van der Waals surface area contributed by atoms with Gasteiger partial charge in [-0.05, 0) is 20.8 Å². The lowest BCUT2D eigenvalue weighted by Gasteiger charge is -2.20. The quantitative estimate of drug-likeness (QED) is 0.786. The normalized spacial score (nSPS) is 12.5. The summed E-state index contributed by atoms with van der Waals surface area (Å²) < 4.78 is 22.5. The topological polar surface area (TPSA) is 76.7 Å². The maximum Gasteiger partial charge on any atom is 0.407 e. The zero-order valence-electron chi connectivity index (χ0n) is 10.5. The van der Waals surface area contributed by atoms with Crippen LogP contribution in [0.15, 0.2) is 0 Å². The molecule has 0 fully saturated rings. The molecule has 2 amide bonds. The van der Waals surface area contributed by atoms with E-state index >= 15 is 0 Å². The van der Waals surface area contributed by atoms with Crippen LogP contribution in [0.3, 0.4) is 0 Å². The Morgan fingerprint density at radius 1 is 1.29 bits per heavy atom. The average Bonchev–Trinajstić information content (AvgIpc) is 2.20. The summed E-state index contributed by atoms with van der Waals surface area (Å²) in [6.07, 6.45) is -2.90. The standard InChI is InChI=1S/C10H19FN2O4/c1-10(2,3)17-9(15)13-5-7(11)6-16-8(14)12-4/h7H,5-6H2,1-4H3,(H,12,14)(H,13,15)/t7-/m1/s1. The first kappa shape index (κ1) is 15.5. The van der Waals surface area contributed by atoms with Crippen molar-refractivity contribution in [2.24, 2.45) is 0 Å². The third kappa shape index (κ3) is 9.40. The van der Waals surface area contributed by atoms with Crippen molar-refractivity contribution < 1.29 is 23.5 Å². The van der Waals surface area contributed by atoms with Crippen molar-refractivity contribution in [1.82, 2.24) is 10.6 Å². The summed E-state index contributed by atoms with van der Waals surface area (Å²) in [6, 6.07) is 0. The van der Waals surface area contributed by atoms with Gasteiger partial charge in [0.25, 0.3) is 0 Å². The molecule has 0 heterocycles. The van der Waals surface area contributed by atoms with Crippen LogP contribution in [0.25, 0.3) is 0 Å². The maximum absolute atomic E-state index is 13.1. The molecule has 6 nitrogen and oxygen atoms in total. The number of ether oxygens (including phenoxy) is 2. The third-order valence-corrected chi connectivity index (χ3v) is 1.47. The molecule has 7 heteroatoms. The summed E-state index contributed by atoms with van der Waals surface area (Å²) in [7, 11) is 1.37. The van der Waals surface area contributed by atoms with Crippen LogP contribution in [-0.2, 0) is 9.47 Å². The van der Waals surface area contributed by atoms with Crippen LogP contribution in [-0.4, -0.2) is 44.2 Å². The lowest BCUT2D eigenvalue weighted by molar-refractivity contribution is 0.0498. The van der Waals surface area contributed by atoms with Crippen molar-refractivity contribution in [1.29, 1.82) is 0 Å². The molecular weight excluding hydrogens is 231 g/mol. The molecule has 0 radical (unpaired) electrons. The van der Waals surface area contributed by atoms with Gasteiger partial charge in [0.05, 0.1) is 6.54 Å². The number of alkyl carbamates (subject to hydrolysis) is 2. The first-order valence-corrected chi connectivity index (χ1v) is 5.20. The Bertz CT molecular complexity index is 266. The summed E-state index contributed by atoms with van der Waals surface area (Å²) in [5, 5.41) is 4.41. The average molecular weight is 250 g/mol. The first-order valence-electron chi connectivity index (χ1n) is 5.20. The van der Waals surface area contributed by atoms with E-state index in [4.69, 9.17) is 4.74 Å². The first-order chi connectivity index (χ1) is 7.74. The predicted octanol–water partition coefficient (Wildman–Crippen LogP) is 1.21. The number of rotatable bonds is 4. The zero-order valence-corrected chi connectivity index (χ0v) is 10.5. The lowest BCUT2D eigenvalue weighted by atomic mass is 10.2. The fourth-order valence-electron chi connectivity index (χ4n) is 0.805. The Morgan fingerprint density at radius 2 is 1.88 bits per heavy atom. The highest BCUT2D eigenvalue weighted by molar-refractivity contribution is 5.67. The predicted molar refractivity (Wildman–Crippen MR) is 59.5 cm³/mol. The lowest BCUT2D eigenvalue weighted by Crippen LogP contribution is -2.37. The molecule has 0 aromatic carbocycles. The minimum atomic E-state index is -1.47. The number of hydrogen-bond acceptors (Lipinski definition) is 4. The summed E-state index contributed by atoms with van der Waals surface area (Å²) in [6.45, 7) is 4.41. The van der Waals surface area contributed by atoms with Crippen LogP contribution < -0.4 is 10.6 Å². The van der Waals surface area contributed by atoms with Crippen molar-refractivity contribution in [3.63, 3.8) is 0 Å². The summed E-state index contributed by atoms with van der Waals surface area (Å²) in [5.74, 6) is 0. The Balaban J connectivity index is 3.73. The van der Waals surface area contributed by atoms with Gasteiger partial charge in [0.1, 0.15) is 12.2 Å². The molecule has 0 saturated heterocycles. The number of hydrogen-bond donors (Lipinski definition) is 2. The number of nitrogens with one attached hydrogen (secondary N) is 2. The van der Waals surface area contributed by atoms with Gasteiger partial charge >= 0.3 is 12.2 Å². The van der Waals surface area contributed by atoms with E-state index in [1.54, 1.807) is 20.8 Å². The van der Waals surface area contributed by atoms with E-state index < -0.39 is 30.6 Å². The molecule has 0 spiro atoms. The van der Waals surface area contributed by atoms with Crippen molar-refractivity contribution >= 4 is 12.2 Å². The minimum Gasteiger partial charge on any atom is -0.446 e. The second kappa shape index (κ2) is 6.93. The molecule has 0 aromatic heterocycles. The Labute approximate surface area is 99.8 Å². The molecular formula is C10H19FN2O4. The van der Waals surface area contributed by atoms with Gasteiger partial charge in [-0.15, -0.1) is 0 Å². The van der Waals surface area contributed by atoms with Crippen LogP contribution in [0, 0.1) is 0 Å². The van der Waals surface area contributed by atoms with Gasteiger partial charge in [-0.25, -0.2) is 14.0 Å². The van der Waals surface area contributed by atoms with E-state index in [2.05, 4.69) is 15.4 Å². The highest BCUT2D eigenvalue weighted by Crippen LogP contribution is 2.06. The summed E-state index contributed by atoms with van der Waals surface area (Å²) >= 11 is 0. The maximum atomic E-state index is 13.1. The smallest absolute Gasteiger partial charge is 0.407 e. The van der Waals surface area contributed by atoms with E-state index in [1.165, 1.54) is 7.05 Å². The van der Waals surface area contributed by atoms with Crippen molar-refractivity contribution in [3.05, 3.63) is 0 Å². The monoisotopic (exact) mass is 250 g/mol. The van der Waals surface area contributed by atoms with E-state index in [-0.39, 0.29) is 6.54 Å². The molecule has 100 valence electrons. The molecule has 2 N–H and O–H groups in total. The molecule has 0 aromatic rings. The molecule has 17 heavy (non-hydrogen) atoms. The number of alkyl halides is 1. The summed E-state index contributed by atoms with van der Waals surface area (Å²) in [4.78, 5) is 21.8. The Hall–Kier alpha value is -1.53. The number of halogens is 1. The molecule has 0 unspecified atom stereocenters. The van der Waals surface area contributed by atoms with Gasteiger partial charge in [-0.3, -0.25) is 0 Å². The molecule has 0 aliphatic heterocycles. The Kier molecular flexibility index (Phi) is 6.30. The van der Waals surface area contributed by atoms with Gasteiger partial charge in [0.2, 0.25) is 0 Å². The van der Waals surface area contributed by atoms with Gasteiger partial charge in [0, 0.05) is 7.05 Å². The van der Waals surface area contributed by atoms with Gasteiger partial charge < -0.3 is 20.1 Å². The van der Waals surface area contributed by atoms with Crippen LogP contribution in [0.5, 0.6) is 0 Å². The van der Waals surface area contributed by atoms with E-state index in [1.807, 2.05) is 0 Å². The fourth-order valence-corrected chi connectivity index (χ4v) is 0.805. The van der Waals surface area contributed by atoms with Crippen LogP contribution in [0.4, 0.5) is 14.0 Å². The van der Waals surface area contributed by atoms with Crippen molar-refractivity contribution in [2.75, 3.05) is 20.2 Å². The van der Waals surface area contributed by atoms with Gasteiger partial charge in [0.15, 0.2) is 6.17 Å². The molecule has 0 aliphatic rings. The van der Waals surface area contributed by atoms with E-state index in [0.717, 1.165) is 0 Å². The van der Waals surface area contributed by atoms with Crippen molar-refractivity contribution in [2.45, 2.75) is 32.5 Å². The largest absolute Gasteiger partial charge is 0.446 e. The second-order valence-electron chi connectivity index (χ2n) is 4.33. The van der Waals surface area contributed by atoms with Gasteiger partial charge in [-0.2, -0.15) is 0 Å². The van der Waals surface area contributed by atoms with E-state index in [0.29, 0.717) is 0 Å². The highest BCUT2D eigenvalue weighted by Gasteiger charge is 2.17. The SMILES string of the molecule is CNC(=O)OC[C@H](F)CNC(=O)OC(C)(C)C. The van der Waals surface area contributed by atoms with Crippen LogP contribution >= 0.6 is 0 Å². The number of carbonyl (C=O) groups is 2. The summed E-state index contributed by atoms with van der Waals surface area (Å²) in [5.41, 5.74) is -0.630. The molecule has 0 rings (SSSR count).